The molecule has 0 fully saturated rings. The third kappa shape index (κ3) is 2.68. The third-order valence-electron chi connectivity index (χ3n) is 2.36. The van der Waals surface area contributed by atoms with E-state index in [2.05, 4.69) is 5.32 Å². The Hall–Kier alpha value is -2.31. The van der Waals surface area contributed by atoms with Gasteiger partial charge in [0.1, 0.15) is 22.7 Å². The first-order chi connectivity index (χ1) is 8.54. The number of thiophene rings is 1. The normalized spacial score (nSPS) is 8.94. The highest BCUT2D eigenvalue weighted by Gasteiger charge is 2.19. The summed E-state index contributed by atoms with van der Waals surface area (Å²) in [5.41, 5.74) is 1.21. The van der Waals surface area contributed by atoms with E-state index in [1.54, 1.807) is 12.1 Å². The van der Waals surface area contributed by atoms with Crippen molar-refractivity contribution in [2.45, 2.75) is 13.8 Å². The van der Waals surface area contributed by atoms with Crippen LogP contribution in [-0.4, -0.2) is 13.1 Å². The van der Waals surface area contributed by atoms with Crippen molar-refractivity contribution < 1.29 is 9.53 Å². The van der Waals surface area contributed by atoms with E-state index in [0.29, 0.717) is 10.6 Å². The maximum absolute atomic E-state index is 11.6. The Morgan fingerprint density at radius 2 is 2.00 bits per heavy atom. The maximum Gasteiger partial charge on any atom is 0.341 e. The second-order valence-electron chi connectivity index (χ2n) is 3.40. The Bertz CT molecular complexity index is 572. The molecule has 18 heavy (non-hydrogen) atoms. The Kier molecular flexibility index (Phi) is 4.47. The van der Waals surface area contributed by atoms with Crippen LogP contribution < -0.4 is 5.32 Å². The largest absolute Gasteiger partial charge is 0.465 e. The zero-order valence-corrected chi connectivity index (χ0v) is 11.0. The molecule has 0 saturated heterocycles. The summed E-state index contributed by atoms with van der Waals surface area (Å²) in [7, 11) is 1.31. The van der Waals surface area contributed by atoms with E-state index in [1.807, 2.05) is 13.8 Å². The Labute approximate surface area is 109 Å². The van der Waals surface area contributed by atoms with Gasteiger partial charge in [-0.1, -0.05) is 0 Å². The molecule has 1 aromatic rings. The summed E-state index contributed by atoms with van der Waals surface area (Å²) in [5, 5.41) is 20.6. The summed E-state index contributed by atoms with van der Waals surface area (Å²) in [5.74, 6) is -0.441. The second-order valence-corrected chi connectivity index (χ2v) is 4.63. The summed E-state index contributed by atoms with van der Waals surface area (Å²) >= 11 is 1.37. The van der Waals surface area contributed by atoms with Crippen molar-refractivity contribution in [2.24, 2.45) is 0 Å². The molecule has 92 valence electrons. The van der Waals surface area contributed by atoms with Crippen LogP contribution in [-0.2, 0) is 4.74 Å². The molecule has 1 rings (SSSR count). The minimum absolute atomic E-state index is 0.0606. The van der Waals surface area contributed by atoms with E-state index in [1.165, 1.54) is 24.6 Å². The average Bonchev–Trinajstić information content (AvgIpc) is 2.65. The van der Waals surface area contributed by atoms with Crippen LogP contribution >= 0.6 is 11.3 Å². The number of anilines is 1. The van der Waals surface area contributed by atoms with Gasteiger partial charge in [0.2, 0.25) is 0 Å². The first kappa shape index (κ1) is 13.8. The van der Waals surface area contributed by atoms with E-state index in [0.717, 1.165) is 10.4 Å². The monoisotopic (exact) mass is 261 g/mol. The van der Waals surface area contributed by atoms with Crippen LogP contribution in [0.25, 0.3) is 0 Å². The number of esters is 1. The predicted octanol–water partition coefficient (Wildman–Crippen LogP) is 2.49. The summed E-state index contributed by atoms with van der Waals surface area (Å²) in [6, 6.07) is 3.46. The number of allylic oxidation sites excluding steroid dienone is 1. The number of aryl methyl sites for hydroxylation is 1. The molecule has 0 amide bonds. The highest BCUT2D eigenvalue weighted by Crippen LogP contribution is 2.32. The van der Waals surface area contributed by atoms with Crippen molar-refractivity contribution in [1.29, 1.82) is 10.5 Å². The lowest BCUT2D eigenvalue weighted by Crippen LogP contribution is -2.04. The van der Waals surface area contributed by atoms with Gasteiger partial charge >= 0.3 is 5.97 Å². The fraction of sp³-hybridized carbons (Fsp3) is 0.250. The topological polar surface area (TPSA) is 85.9 Å². The lowest BCUT2D eigenvalue weighted by Gasteiger charge is -2.02. The predicted molar refractivity (Wildman–Crippen MR) is 68.1 cm³/mol. The average molecular weight is 261 g/mol. The molecule has 1 heterocycles. The molecule has 0 unspecified atom stereocenters. The fourth-order valence-electron chi connectivity index (χ4n) is 1.30. The van der Waals surface area contributed by atoms with Crippen LogP contribution in [0.3, 0.4) is 0 Å². The van der Waals surface area contributed by atoms with Crippen LogP contribution in [0.4, 0.5) is 5.00 Å². The van der Waals surface area contributed by atoms with Gasteiger partial charge < -0.3 is 10.1 Å². The molecule has 0 aliphatic heterocycles. The van der Waals surface area contributed by atoms with Crippen LogP contribution in [0, 0.1) is 36.5 Å². The van der Waals surface area contributed by atoms with Gasteiger partial charge in [-0.2, -0.15) is 10.5 Å². The quantitative estimate of drug-likeness (QED) is 0.667. The molecule has 1 N–H and O–H groups in total. The number of nitriles is 2. The summed E-state index contributed by atoms with van der Waals surface area (Å²) in [6.45, 7) is 3.71. The molecule has 6 heteroatoms. The van der Waals surface area contributed by atoms with E-state index in [9.17, 15) is 4.79 Å². The molecule has 0 aromatic carbocycles. The maximum atomic E-state index is 11.6. The van der Waals surface area contributed by atoms with E-state index in [-0.39, 0.29) is 5.57 Å². The highest BCUT2D eigenvalue weighted by molar-refractivity contribution is 7.16. The van der Waals surface area contributed by atoms with Crippen molar-refractivity contribution in [3.05, 3.63) is 27.8 Å². The summed E-state index contributed by atoms with van der Waals surface area (Å²) in [6.07, 6.45) is 1.27. The zero-order valence-electron chi connectivity index (χ0n) is 10.2. The van der Waals surface area contributed by atoms with E-state index < -0.39 is 5.97 Å². The number of carbonyl (C=O) groups is 1. The Morgan fingerprint density at radius 3 is 2.50 bits per heavy atom. The van der Waals surface area contributed by atoms with Gasteiger partial charge in [0.05, 0.1) is 12.7 Å². The zero-order chi connectivity index (χ0) is 13.7. The third-order valence-corrected chi connectivity index (χ3v) is 3.50. The first-order valence-electron chi connectivity index (χ1n) is 5.00. The fourth-order valence-corrected chi connectivity index (χ4v) is 2.32. The first-order valence-corrected chi connectivity index (χ1v) is 5.82. The molecule has 0 atom stereocenters. The van der Waals surface area contributed by atoms with Gasteiger partial charge in [0, 0.05) is 11.1 Å². The van der Waals surface area contributed by atoms with Gasteiger partial charge in [-0.3, -0.25) is 0 Å². The lowest BCUT2D eigenvalue weighted by molar-refractivity contribution is 0.0601. The van der Waals surface area contributed by atoms with Crippen molar-refractivity contribution >= 4 is 22.3 Å². The smallest absolute Gasteiger partial charge is 0.341 e. The highest BCUT2D eigenvalue weighted by atomic mass is 32.1. The standard InChI is InChI=1S/C12H11N3O2S/c1-7-8(2)18-11(10(7)12(16)17-3)15-6-9(4-13)5-14/h6,15H,1-3H3. The second kappa shape index (κ2) is 5.85. The number of rotatable bonds is 3. The molecule has 0 radical (unpaired) electrons. The molecular formula is C12H11N3O2S. The Morgan fingerprint density at radius 1 is 1.39 bits per heavy atom. The molecule has 0 aliphatic carbocycles. The molecular weight excluding hydrogens is 250 g/mol. The molecule has 5 nitrogen and oxygen atoms in total. The van der Waals surface area contributed by atoms with Gasteiger partial charge in [-0.05, 0) is 19.4 Å². The number of ether oxygens (including phenoxy) is 1. The molecule has 0 bridgehead atoms. The van der Waals surface area contributed by atoms with Crippen LogP contribution in [0.5, 0.6) is 0 Å². The summed E-state index contributed by atoms with van der Waals surface area (Å²) in [4.78, 5) is 12.6. The minimum Gasteiger partial charge on any atom is -0.465 e. The Balaban J connectivity index is 3.16. The van der Waals surface area contributed by atoms with E-state index >= 15 is 0 Å². The minimum atomic E-state index is -0.441. The molecule has 1 aromatic heterocycles. The summed E-state index contributed by atoms with van der Waals surface area (Å²) < 4.78 is 4.71. The SMILES string of the molecule is COC(=O)c1c(NC=C(C#N)C#N)sc(C)c1C. The van der Waals surface area contributed by atoms with Crippen molar-refractivity contribution in [3.8, 4) is 12.1 Å². The van der Waals surface area contributed by atoms with Gasteiger partial charge in [-0.25, -0.2) is 4.79 Å². The van der Waals surface area contributed by atoms with Crippen molar-refractivity contribution in [3.63, 3.8) is 0 Å². The number of nitrogens with zero attached hydrogens (tertiary/aromatic N) is 2. The molecule has 0 saturated carbocycles. The number of hydrogen-bond donors (Lipinski definition) is 1. The number of nitrogens with one attached hydrogen (secondary N) is 1. The number of hydrogen-bond acceptors (Lipinski definition) is 6. The van der Waals surface area contributed by atoms with Gasteiger partial charge in [0.15, 0.2) is 0 Å². The van der Waals surface area contributed by atoms with Crippen molar-refractivity contribution in [1.82, 2.24) is 0 Å². The van der Waals surface area contributed by atoms with Crippen molar-refractivity contribution in [2.75, 3.05) is 12.4 Å². The lowest BCUT2D eigenvalue weighted by atomic mass is 10.1. The number of methoxy groups -OCH3 is 1. The van der Waals surface area contributed by atoms with Gasteiger partial charge in [-0.15, -0.1) is 11.3 Å². The van der Waals surface area contributed by atoms with E-state index in [4.69, 9.17) is 15.3 Å². The van der Waals surface area contributed by atoms with Crippen LogP contribution in [0.15, 0.2) is 11.8 Å². The molecule has 0 spiro atoms. The van der Waals surface area contributed by atoms with Crippen LogP contribution in [0.1, 0.15) is 20.8 Å². The van der Waals surface area contributed by atoms with Gasteiger partial charge in [0.25, 0.3) is 0 Å². The van der Waals surface area contributed by atoms with Crippen LogP contribution in [0.2, 0.25) is 0 Å². The molecule has 0 aliphatic rings. The number of carbonyl (C=O) groups excluding carboxylic acids is 1.